The molecule has 1 aromatic heterocycles. The monoisotopic (exact) mass is 312 g/mol. The number of nitriles is 1. The predicted octanol–water partition coefficient (Wildman–Crippen LogP) is 1.41. The van der Waals surface area contributed by atoms with Crippen LogP contribution in [0.2, 0.25) is 0 Å². The van der Waals surface area contributed by atoms with Gasteiger partial charge in [-0.1, -0.05) is 6.07 Å². The molecule has 1 aliphatic carbocycles. The average Bonchev–Trinajstić information content (AvgIpc) is 3.12. The van der Waals surface area contributed by atoms with Crippen LogP contribution >= 0.6 is 11.3 Å². The number of carbonyl (C=O) groups excluding carboxylic acids is 1. The number of thiazole rings is 1. The number of nitrogens with one attached hydrogen (secondary N) is 1. The topological polar surface area (TPSA) is 91.8 Å². The van der Waals surface area contributed by atoms with Gasteiger partial charge in [0.15, 0.2) is 0 Å². The van der Waals surface area contributed by atoms with Crippen molar-refractivity contribution in [3.8, 4) is 6.07 Å². The maximum absolute atomic E-state index is 12.2. The molecule has 0 spiro atoms. The van der Waals surface area contributed by atoms with E-state index in [4.69, 9.17) is 11.0 Å². The smallest absolute Gasteiger partial charge is 0.270 e. The van der Waals surface area contributed by atoms with Crippen LogP contribution in [-0.2, 0) is 19.3 Å². The second kappa shape index (κ2) is 6.26. The van der Waals surface area contributed by atoms with Crippen LogP contribution < -0.4 is 11.1 Å². The number of aromatic nitrogens is 1. The first-order valence-corrected chi connectivity index (χ1v) is 8.05. The minimum Gasteiger partial charge on any atom is -0.347 e. The Balaban J connectivity index is 1.65. The highest BCUT2D eigenvalue weighted by molar-refractivity contribution is 7.09. The van der Waals surface area contributed by atoms with Gasteiger partial charge in [0.2, 0.25) is 0 Å². The molecular formula is C16H16N4OS. The van der Waals surface area contributed by atoms with Gasteiger partial charge in [-0.25, -0.2) is 4.98 Å². The third-order valence-corrected chi connectivity index (χ3v) is 4.65. The zero-order valence-corrected chi connectivity index (χ0v) is 12.8. The van der Waals surface area contributed by atoms with Crippen molar-refractivity contribution in [3.63, 3.8) is 0 Å². The van der Waals surface area contributed by atoms with Crippen LogP contribution in [0, 0.1) is 11.3 Å². The molecule has 0 radical (unpaired) electrons. The number of nitrogens with zero attached hydrogens (tertiary/aromatic N) is 2. The average molecular weight is 312 g/mol. The quantitative estimate of drug-likeness (QED) is 0.893. The summed E-state index contributed by atoms with van der Waals surface area (Å²) in [6, 6.07) is 7.92. The second-order valence-corrected chi connectivity index (χ2v) is 6.28. The Morgan fingerprint density at radius 3 is 3.05 bits per heavy atom. The van der Waals surface area contributed by atoms with E-state index in [1.54, 1.807) is 5.38 Å². The summed E-state index contributed by atoms with van der Waals surface area (Å²) in [5, 5.41) is 14.6. The highest BCUT2D eigenvalue weighted by Gasteiger charge is 2.24. The van der Waals surface area contributed by atoms with Crippen molar-refractivity contribution in [2.75, 3.05) is 6.54 Å². The minimum atomic E-state index is -0.141. The van der Waals surface area contributed by atoms with Crippen LogP contribution in [0.15, 0.2) is 23.6 Å². The van der Waals surface area contributed by atoms with Crippen molar-refractivity contribution in [2.45, 2.75) is 25.3 Å². The first-order valence-electron chi connectivity index (χ1n) is 7.17. The Morgan fingerprint density at radius 1 is 1.45 bits per heavy atom. The maximum Gasteiger partial charge on any atom is 0.270 e. The zero-order valence-electron chi connectivity index (χ0n) is 12.0. The molecule has 5 nitrogen and oxygen atoms in total. The Kier molecular flexibility index (Phi) is 4.18. The second-order valence-electron chi connectivity index (χ2n) is 5.34. The van der Waals surface area contributed by atoms with Crippen molar-refractivity contribution in [2.24, 2.45) is 5.73 Å². The van der Waals surface area contributed by atoms with E-state index in [0.717, 1.165) is 23.4 Å². The lowest BCUT2D eigenvalue weighted by molar-refractivity contribution is 0.0934. The van der Waals surface area contributed by atoms with E-state index >= 15 is 0 Å². The van der Waals surface area contributed by atoms with E-state index in [9.17, 15) is 4.79 Å². The molecule has 3 N–H and O–H groups in total. The summed E-state index contributed by atoms with van der Waals surface area (Å²) < 4.78 is 0. The third kappa shape index (κ3) is 3.01. The Morgan fingerprint density at radius 2 is 2.27 bits per heavy atom. The van der Waals surface area contributed by atoms with Gasteiger partial charge in [0.05, 0.1) is 16.6 Å². The first kappa shape index (κ1) is 14.7. The van der Waals surface area contributed by atoms with Gasteiger partial charge in [-0.05, 0) is 42.6 Å². The van der Waals surface area contributed by atoms with Crippen molar-refractivity contribution in [1.82, 2.24) is 10.3 Å². The fourth-order valence-electron chi connectivity index (χ4n) is 2.70. The van der Waals surface area contributed by atoms with Gasteiger partial charge in [0.25, 0.3) is 5.91 Å². The fourth-order valence-corrected chi connectivity index (χ4v) is 3.50. The summed E-state index contributed by atoms with van der Waals surface area (Å²) in [7, 11) is 0. The summed E-state index contributed by atoms with van der Waals surface area (Å²) in [4.78, 5) is 16.5. The molecule has 0 aliphatic heterocycles. The summed E-state index contributed by atoms with van der Waals surface area (Å²) in [6.45, 7) is 0.535. The van der Waals surface area contributed by atoms with Crippen LogP contribution in [0.1, 0.15) is 32.2 Å². The molecule has 1 unspecified atom stereocenters. The molecular weight excluding hydrogens is 296 g/mol. The lowest BCUT2D eigenvalue weighted by atomic mass is 10.1. The van der Waals surface area contributed by atoms with E-state index < -0.39 is 0 Å². The lowest BCUT2D eigenvalue weighted by Gasteiger charge is -2.10. The van der Waals surface area contributed by atoms with E-state index in [1.807, 2.05) is 18.2 Å². The normalized spacial score (nSPS) is 16.1. The van der Waals surface area contributed by atoms with Crippen LogP contribution in [0.4, 0.5) is 0 Å². The summed E-state index contributed by atoms with van der Waals surface area (Å²) in [6.07, 6.45) is 2.26. The minimum absolute atomic E-state index is 0.0658. The van der Waals surface area contributed by atoms with Crippen LogP contribution in [0.5, 0.6) is 0 Å². The molecule has 0 bridgehead atoms. The van der Waals surface area contributed by atoms with Gasteiger partial charge >= 0.3 is 0 Å². The Hall–Kier alpha value is -2.23. The Labute approximate surface area is 132 Å². The largest absolute Gasteiger partial charge is 0.347 e. The molecule has 1 aliphatic rings. The molecule has 0 saturated carbocycles. The number of fused-ring (bicyclic) bond motifs is 1. The molecule has 22 heavy (non-hydrogen) atoms. The number of nitrogens with two attached hydrogens (primary N) is 1. The van der Waals surface area contributed by atoms with Crippen molar-refractivity contribution < 1.29 is 4.79 Å². The molecule has 1 atom stereocenters. The summed E-state index contributed by atoms with van der Waals surface area (Å²) >= 11 is 1.46. The summed E-state index contributed by atoms with van der Waals surface area (Å²) in [5.41, 5.74) is 8.96. The SMILES string of the molecule is N#Cc1ccc2c(c1)CC(NC(=O)c1csc(CCN)n1)C2. The van der Waals surface area contributed by atoms with E-state index in [-0.39, 0.29) is 11.9 Å². The third-order valence-electron chi connectivity index (χ3n) is 3.75. The zero-order chi connectivity index (χ0) is 15.5. The van der Waals surface area contributed by atoms with Crippen molar-refractivity contribution >= 4 is 17.2 Å². The number of benzene rings is 1. The van der Waals surface area contributed by atoms with E-state index in [2.05, 4.69) is 16.4 Å². The number of hydrogen-bond acceptors (Lipinski definition) is 5. The molecule has 1 heterocycles. The van der Waals surface area contributed by atoms with E-state index in [0.29, 0.717) is 24.2 Å². The van der Waals surface area contributed by atoms with E-state index in [1.165, 1.54) is 16.9 Å². The van der Waals surface area contributed by atoms with Gasteiger partial charge in [-0.3, -0.25) is 4.79 Å². The first-order chi connectivity index (χ1) is 10.7. The Bertz CT molecular complexity index is 747. The molecule has 6 heteroatoms. The highest BCUT2D eigenvalue weighted by Crippen LogP contribution is 2.23. The highest BCUT2D eigenvalue weighted by atomic mass is 32.1. The molecule has 1 aromatic carbocycles. The number of hydrogen-bond donors (Lipinski definition) is 2. The van der Waals surface area contributed by atoms with Crippen molar-refractivity contribution in [1.29, 1.82) is 5.26 Å². The molecule has 3 rings (SSSR count). The van der Waals surface area contributed by atoms with Gasteiger partial charge < -0.3 is 11.1 Å². The van der Waals surface area contributed by atoms with Gasteiger partial charge in [-0.15, -0.1) is 11.3 Å². The number of rotatable bonds is 4. The van der Waals surface area contributed by atoms with Gasteiger partial charge in [0.1, 0.15) is 5.69 Å². The van der Waals surface area contributed by atoms with Crippen LogP contribution in [0.3, 0.4) is 0 Å². The molecule has 1 amide bonds. The van der Waals surface area contributed by atoms with Gasteiger partial charge in [0, 0.05) is 17.8 Å². The molecule has 0 saturated heterocycles. The summed E-state index contributed by atoms with van der Waals surface area (Å²) in [5.74, 6) is -0.141. The fraction of sp³-hybridized carbons (Fsp3) is 0.312. The maximum atomic E-state index is 12.2. The van der Waals surface area contributed by atoms with Crippen molar-refractivity contribution in [3.05, 3.63) is 51.0 Å². The van der Waals surface area contributed by atoms with Crippen LogP contribution in [0.25, 0.3) is 0 Å². The standard InChI is InChI=1S/C16H16N4OS/c17-4-3-15-20-14(9-22-15)16(21)19-13-6-11-2-1-10(8-18)5-12(11)7-13/h1-2,5,9,13H,3-4,6-7,17H2,(H,19,21). The number of carbonyl (C=O) groups is 1. The molecule has 112 valence electrons. The lowest BCUT2D eigenvalue weighted by Crippen LogP contribution is -2.35. The molecule has 0 fully saturated rings. The van der Waals surface area contributed by atoms with Gasteiger partial charge in [-0.2, -0.15) is 5.26 Å². The molecule has 2 aromatic rings. The van der Waals surface area contributed by atoms with Crippen LogP contribution in [-0.4, -0.2) is 23.5 Å². The number of amides is 1. The predicted molar refractivity (Wildman–Crippen MR) is 84.7 cm³/mol.